The van der Waals surface area contributed by atoms with E-state index in [-0.39, 0.29) is 16.3 Å². The molecule has 0 fully saturated rings. The Morgan fingerprint density at radius 2 is 1.91 bits per heavy atom. The summed E-state index contributed by atoms with van der Waals surface area (Å²) >= 11 is 8.84. The Morgan fingerprint density at radius 3 is 2.61 bits per heavy atom. The third kappa shape index (κ3) is 4.74. The van der Waals surface area contributed by atoms with Crippen LogP contribution in [0.3, 0.4) is 0 Å². The molecule has 0 aliphatic heterocycles. The molecule has 2 aromatic carbocycles. The summed E-state index contributed by atoms with van der Waals surface area (Å²) in [5.74, 6) is -3.01. The first-order chi connectivity index (χ1) is 10.9. The fraction of sp³-hybridized carbons (Fsp3) is 0.0667. The summed E-state index contributed by atoms with van der Waals surface area (Å²) in [6.45, 7) is -0.665. The first-order valence-electron chi connectivity index (χ1n) is 6.24. The zero-order valence-corrected chi connectivity index (χ0v) is 13.7. The molecule has 0 heterocycles. The van der Waals surface area contributed by atoms with E-state index < -0.39 is 30.1 Å². The standard InChI is InChI=1S/C15H9BrClF2NO3/c16-8-1-4-13(12(19)5-8)20-14(21)7-23-15(22)10-6-9(18)2-3-11(10)17/h1-6H,7H2,(H,20,21). The van der Waals surface area contributed by atoms with Crippen LogP contribution in [0.1, 0.15) is 10.4 Å². The highest BCUT2D eigenvalue weighted by Crippen LogP contribution is 2.20. The van der Waals surface area contributed by atoms with E-state index >= 15 is 0 Å². The molecule has 2 aromatic rings. The van der Waals surface area contributed by atoms with Crippen molar-refractivity contribution in [2.45, 2.75) is 0 Å². The first-order valence-corrected chi connectivity index (χ1v) is 7.41. The first kappa shape index (κ1) is 17.4. The lowest BCUT2D eigenvalue weighted by molar-refractivity contribution is -0.119. The van der Waals surface area contributed by atoms with Crippen molar-refractivity contribution in [3.63, 3.8) is 0 Å². The van der Waals surface area contributed by atoms with E-state index in [0.717, 1.165) is 12.1 Å². The Labute approximate surface area is 143 Å². The Kier molecular flexibility index (Phi) is 5.68. The smallest absolute Gasteiger partial charge is 0.340 e. The minimum Gasteiger partial charge on any atom is -0.452 e. The van der Waals surface area contributed by atoms with E-state index in [9.17, 15) is 18.4 Å². The van der Waals surface area contributed by atoms with Gasteiger partial charge >= 0.3 is 5.97 Å². The lowest BCUT2D eigenvalue weighted by Crippen LogP contribution is -2.21. The lowest BCUT2D eigenvalue weighted by Gasteiger charge is -2.08. The number of carbonyl (C=O) groups excluding carboxylic acids is 2. The molecule has 0 aliphatic rings. The minimum atomic E-state index is -0.957. The van der Waals surface area contributed by atoms with E-state index in [0.29, 0.717) is 4.47 Å². The molecule has 1 amide bonds. The number of benzene rings is 2. The number of halogens is 4. The Balaban J connectivity index is 1.96. The third-order valence-electron chi connectivity index (χ3n) is 2.69. The van der Waals surface area contributed by atoms with Crippen LogP contribution in [0, 0.1) is 11.6 Å². The molecule has 2 rings (SSSR count). The van der Waals surface area contributed by atoms with Gasteiger partial charge in [0.15, 0.2) is 6.61 Å². The van der Waals surface area contributed by atoms with Crippen LogP contribution in [0.5, 0.6) is 0 Å². The van der Waals surface area contributed by atoms with Gasteiger partial charge in [-0.25, -0.2) is 13.6 Å². The molecule has 0 saturated carbocycles. The van der Waals surface area contributed by atoms with E-state index in [1.807, 2.05) is 0 Å². The summed E-state index contributed by atoms with van der Waals surface area (Å²) in [5, 5.41) is 2.25. The topological polar surface area (TPSA) is 55.4 Å². The number of nitrogens with one attached hydrogen (secondary N) is 1. The predicted molar refractivity (Wildman–Crippen MR) is 84.4 cm³/mol. The Hall–Kier alpha value is -1.99. The molecule has 0 bridgehead atoms. The van der Waals surface area contributed by atoms with Crippen molar-refractivity contribution in [1.29, 1.82) is 0 Å². The zero-order chi connectivity index (χ0) is 17.0. The van der Waals surface area contributed by atoms with Gasteiger partial charge in [-0.05, 0) is 36.4 Å². The fourth-order valence-corrected chi connectivity index (χ4v) is 2.17. The highest BCUT2D eigenvalue weighted by Gasteiger charge is 2.15. The van der Waals surface area contributed by atoms with Crippen LogP contribution >= 0.6 is 27.5 Å². The SMILES string of the molecule is O=C(COC(=O)c1cc(F)ccc1Cl)Nc1ccc(Br)cc1F. The quantitative estimate of drug-likeness (QED) is 0.778. The number of carbonyl (C=O) groups is 2. The summed E-state index contributed by atoms with van der Waals surface area (Å²) in [5.41, 5.74) is -0.257. The maximum atomic E-state index is 13.6. The summed E-state index contributed by atoms with van der Waals surface area (Å²) < 4.78 is 31.9. The molecule has 4 nitrogen and oxygen atoms in total. The van der Waals surface area contributed by atoms with Crippen LogP contribution in [0.25, 0.3) is 0 Å². The second-order valence-corrected chi connectivity index (χ2v) is 5.70. The van der Waals surface area contributed by atoms with Crippen LogP contribution < -0.4 is 5.32 Å². The predicted octanol–water partition coefficient (Wildman–Crippen LogP) is 4.18. The van der Waals surface area contributed by atoms with Crippen molar-refractivity contribution in [3.8, 4) is 0 Å². The molecular weight excluding hydrogens is 396 g/mol. The largest absolute Gasteiger partial charge is 0.452 e. The highest BCUT2D eigenvalue weighted by atomic mass is 79.9. The van der Waals surface area contributed by atoms with Gasteiger partial charge in [0.1, 0.15) is 11.6 Å². The van der Waals surface area contributed by atoms with Crippen LogP contribution in [0.4, 0.5) is 14.5 Å². The Bertz CT molecular complexity index is 770. The van der Waals surface area contributed by atoms with Crippen LogP contribution in [-0.4, -0.2) is 18.5 Å². The van der Waals surface area contributed by atoms with E-state index in [1.54, 1.807) is 0 Å². The number of ether oxygens (including phenoxy) is 1. The average molecular weight is 405 g/mol. The van der Waals surface area contributed by atoms with Gasteiger partial charge in [0.2, 0.25) is 0 Å². The maximum absolute atomic E-state index is 13.6. The molecular formula is C15H9BrClF2NO3. The zero-order valence-electron chi connectivity index (χ0n) is 11.4. The summed E-state index contributed by atoms with van der Waals surface area (Å²) in [7, 11) is 0. The van der Waals surface area contributed by atoms with Crippen LogP contribution in [0.2, 0.25) is 5.02 Å². The normalized spacial score (nSPS) is 10.3. The third-order valence-corrected chi connectivity index (χ3v) is 3.51. The highest BCUT2D eigenvalue weighted by molar-refractivity contribution is 9.10. The monoisotopic (exact) mass is 403 g/mol. The summed E-state index contributed by atoms with van der Waals surface area (Å²) in [6.07, 6.45) is 0. The van der Waals surface area contributed by atoms with Crippen LogP contribution in [0.15, 0.2) is 40.9 Å². The van der Waals surface area contributed by atoms with Crippen molar-refractivity contribution in [2.24, 2.45) is 0 Å². The van der Waals surface area contributed by atoms with Crippen molar-refractivity contribution >= 4 is 45.1 Å². The number of esters is 1. The second-order valence-electron chi connectivity index (χ2n) is 4.37. The molecule has 120 valence electrons. The molecule has 1 N–H and O–H groups in total. The van der Waals surface area contributed by atoms with E-state index in [1.165, 1.54) is 24.3 Å². The Morgan fingerprint density at radius 1 is 1.17 bits per heavy atom. The summed E-state index contributed by atoms with van der Waals surface area (Å²) in [6, 6.07) is 7.25. The van der Waals surface area contributed by atoms with Gasteiger partial charge in [-0.2, -0.15) is 0 Å². The molecule has 0 radical (unpaired) electrons. The molecule has 8 heteroatoms. The molecule has 0 aromatic heterocycles. The van der Waals surface area contributed by atoms with Crippen LogP contribution in [-0.2, 0) is 9.53 Å². The van der Waals surface area contributed by atoms with Gasteiger partial charge in [-0.1, -0.05) is 27.5 Å². The second kappa shape index (κ2) is 7.52. The maximum Gasteiger partial charge on any atom is 0.340 e. The average Bonchev–Trinajstić information content (AvgIpc) is 2.50. The van der Waals surface area contributed by atoms with Gasteiger partial charge in [0.05, 0.1) is 16.3 Å². The number of hydrogen-bond acceptors (Lipinski definition) is 3. The molecule has 0 aliphatic carbocycles. The minimum absolute atomic E-state index is 0.00392. The number of hydrogen-bond donors (Lipinski definition) is 1. The number of rotatable bonds is 4. The van der Waals surface area contributed by atoms with E-state index in [2.05, 4.69) is 21.2 Å². The lowest BCUT2D eigenvalue weighted by atomic mass is 10.2. The van der Waals surface area contributed by atoms with Crippen molar-refractivity contribution < 1.29 is 23.1 Å². The van der Waals surface area contributed by atoms with Gasteiger partial charge in [-0.15, -0.1) is 0 Å². The van der Waals surface area contributed by atoms with Gasteiger partial charge in [0, 0.05) is 4.47 Å². The van der Waals surface area contributed by atoms with Gasteiger partial charge in [-0.3, -0.25) is 4.79 Å². The van der Waals surface area contributed by atoms with E-state index in [4.69, 9.17) is 16.3 Å². The van der Waals surface area contributed by atoms with Gasteiger partial charge in [0.25, 0.3) is 5.91 Å². The summed E-state index contributed by atoms with van der Waals surface area (Å²) in [4.78, 5) is 23.4. The molecule has 0 unspecified atom stereocenters. The van der Waals surface area contributed by atoms with Crippen molar-refractivity contribution in [2.75, 3.05) is 11.9 Å². The molecule has 23 heavy (non-hydrogen) atoms. The van der Waals surface area contributed by atoms with Crippen molar-refractivity contribution in [1.82, 2.24) is 0 Å². The number of amides is 1. The van der Waals surface area contributed by atoms with Crippen molar-refractivity contribution in [3.05, 3.63) is 63.1 Å². The molecule has 0 saturated heterocycles. The number of anilines is 1. The van der Waals surface area contributed by atoms with Gasteiger partial charge < -0.3 is 10.1 Å². The fourth-order valence-electron chi connectivity index (χ4n) is 1.64. The molecule has 0 atom stereocenters. The molecule has 0 spiro atoms.